The third-order valence-electron chi connectivity index (χ3n) is 0.846. The van der Waals surface area contributed by atoms with Gasteiger partial charge in [0.25, 0.3) is 0 Å². The molecule has 7 heavy (non-hydrogen) atoms. The van der Waals surface area contributed by atoms with Crippen LogP contribution >= 0.6 is 0 Å². The smallest absolute Gasteiger partial charge is 0.136 e. The van der Waals surface area contributed by atoms with E-state index in [4.69, 9.17) is 15.9 Å². The van der Waals surface area contributed by atoms with Gasteiger partial charge in [0, 0.05) is 0 Å². The van der Waals surface area contributed by atoms with Gasteiger partial charge in [-0.2, -0.15) is 0 Å². The summed E-state index contributed by atoms with van der Waals surface area (Å²) in [6.07, 6.45) is -0.868. The van der Waals surface area contributed by atoms with Crippen molar-refractivity contribution in [2.45, 2.75) is 25.7 Å². The monoisotopic (exact) mass is 105 g/mol. The first kappa shape index (κ1) is 6.88. The van der Waals surface area contributed by atoms with E-state index in [9.17, 15) is 0 Å². The van der Waals surface area contributed by atoms with Crippen molar-refractivity contribution < 1.29 is 10.2 Å². The second-order valence-corrected chi connectivity index (χ2v) is 1.90. The van der Waals surface area contributed by atoms with E-state index in [2.05, 4.69) is 0 Å². The van der Waals surface area contributed by atoms with Crippen molar-refractivity contribution in [2.75, 3.05) is 0 Å². The van der Waals surface area contributed by atoms with E-state index in [0.717, 1.165) is 0 Å². The molecule has 0 heterocycles. The number of aliphatic hydroxyl groups excluding tert-OH is 1. The van der Waals surface area contributed by atoms with E-state index < -0.39 is 11.8 Å². The molecular formula is C4H11NO2. The Balaban J connectivity index is 3.54. The molecule has 0 saturated heterocycles. The summed E-state index contributed by atoms with van der Waals surface area (Å²) in [6.45, 7) is 2.78. The molecule has 0 radical (unpaired) electrons. The van der Waals surface area contributed by atoms with Gasteiger partial charge in [-0.3, -0.25) is 0 Å². The van der Waals surface area contributed by atoms with Gasteiger partial charge in [-0.05, 0) is 13.8 Å². The fraction of sp³-hybridized carbons (Fsp3) is 1.00. The van der Waals surface area contributed by atoms with Gasteiger partial charge in [-0.15, -0.1) is 0 Å². The SMILES string of the molecule is C[C@@H](O)C(C)(N)O. The van der Waals surface area contributed by atoms with Crippen molar-refractivity contribution in [1.82, 2.24) is 0 Å². The molecule has 0 aromatic heterocycles. The second kappa shape index (κ2) is 1.78. The maximum atomic E-state index is 8.62. The molecule has 0 fully saturated rings. The Morgan fingerprint density at radius 1 is 1.71 bits per heavy atom. The van der Waals surface area contributed by atoms with E-state index in [1.54, 1.807) is 0 Å². The predicted molar refractivity (Wildman–Crippen MR) is 26.5 cm³/mol. The molecule has 0 aromatic carbocycles. The minimum Gasteiger partial charge on any atom is -0.389 e. The molecule has 3 heteroatoms. The standard InChI is InChI=1S/C4H11NO2/c1-3(6)4(2,5)7/h3,6-7H,5H2,1-2H3/t3-,4?/m1/s1. The van der Waals surface area contributed by atoms with Gasteiger partial charge < -0.3 is 15.9 Å². The van der Waals surface area contributed by atoms with Gasteiger partial charge in [0.1, 0.15) is 5.72 Å². The summed E-state index contributed by atoms with van der Waals surface area (Å²) in [4.78, 5) is 0. The van der Waals surface area contributed by atoms with Crippen LogP contribution in [-0.2, 0) is 0 Å². The molecule has 0 bridgehead atoms. The van der Waals surface area contributed by atoms with Crippen LogP contribution in [0.5, 0.6) is 0 Å². The average Bonchev–Trinajstić information content (AvgIpc) is 1.31. The Hall–Kier alpha value is -0.120. The minimum absolute atomic E-state index is 0.868. The third kappa shape index (κ3) is 2.56. The maximum absolute atomic E-state index is 8.62. The Kier molecular flexibility index (Phi) is 1.75. The van der Waals surface area contributed by atoms with Gasteiger partial charge >= 0.3 is 0 Å². The fourth-order valence-electron chi connectivity index (χ4n) is 0. The topological polar surface area (TPSA) is 66.5 Å². The lowest BCUT2D eigenvalue weighted by atomic mass is 10.2. The molecule has 0 spiro atoms. The third-order valence-corrected chi connectivity index (χ3v) is 0.846. The molecule has 0 rings (SSSR count). The van der Waals surface area contributed by atoms with E-state index >= 15 is 0 Å². The van der Waals surface area contributed by atoms with Crippen molar-refractivity contribution in [3.8, 4) is 0 Å². The van der Waals surface area contributed by atoms with Gasteiger partial charge in [-0.1, -0.05) is 0 Å². The highest BCUT2D eigenvalue weighted by Gasteiger charge is 2.19. The molecule has 1 unspecified atom stereocenters. The molecule has 0 amide bonds. The number of aliphatic hydroxyl groups is 2. The van der Waals surface area contributed by atoms with Crippen molar-refractivity contribution >= 4 is 0 Å². The summed E-state index contributed by atoms with van der Waals surface area (Å²) in [5.74, 6) is 0. The number of hydrogen-bond donors (Lipinski definition) is 3. The highest BCUT2D eigenvalue weighted by atomic mass is 16.3. The largest absolute Gasteiger partial charge is 0.389 e. The highest BCUT2D eigenvalue weighted by Crippen LogP contribution is 1.97. The number of nitrogens with two attached hydrogens (primary N) is 1. The summed E-state index contributed by atoms with van der Waals surface area (Å²) in [7, 11) is 0. The first-order valence-corrected chi connectivity index (χ1v) is 2.14. The second-order valence-electron chi connectivity index (χ2n) is 1.90. The van der Waals surface area contributed by atoms with Crippen LogP contribution in [0.4, 0.5) is 0 Å². The fourth-order valence-corrected chi connectivity index (χ4v) is 0. The zero-order valence-corrected chi connectivity index (χ0v) is 4.55. The minimum atomic E-state index is -1.44. The maximum Gasteiger partial charge on any atom is 0.136 e. The molecule has 0 aromatic rings. The van der Waals surface area contributed by atoms with Crippen LogP contribution in [0.15, 0.2) is 0 Å². The zero-order valence-electron chi connectivity index (χ0n) is 4.55. The van der Waals surface area contributed by atoms with Crippen LogP contribution in [0, 0.1) is 0 Å². The lowest BCUT2D eigenvalue weighted by Crippen LogP contribution is -2.46. The molecule has 44 valence electrons. The van der Waals surface area contributed by atoms with Crippen molar-refractivity contribution in [1.29, 1.82) is 0 Å². The van der Waals surface area contributed by atoms with Crippen LogP contribution in [0.3, 0.4) is 0 Å². The Morgan fingerprint density at radius 2 is 1.86 bits per heavy atom. The Morgan fingerprint density at radius 3 is 1.86 bits per heavy atom. The highest BCUT2D eigenvalue weighted by molar-refractivity contribution is 4.68. The number of rotatable bonds is 1. The first-order chi connectivity index (χ1) is 2.94. The van der Waals surface area contributed by atoms with Crippen LogP contribution < -0.4 is 5.73 Å². The molecule has 0 saturated carbocycles. The summed E-state index contributed by atoms with van der Waals surface area (Å²) < 4.78 is 0. The predicted octanol–water partition coefficient (Wildman–Crippen LogP) is -0.966. The van der Waals surface area contributed by atoms with Crippen molar-refractivity contribution in [3.63, 3.8) is 0 Å². The molecule has 4 N–H and O–H groups in total. The molecule has 0 aliphatic carbocycles. The number of hydrogen-bond acceptors (Lipinski definition) is 3. The van der Waals surface area contributed by atoms with Crippen LogP contribution in [0.2, 0.25) is 0 Å². The lowest BCUT2D eigenvalue weighted by Gasteiger charge is -2.19. The van der Waals surface area contributed by atoms with Gasteiger partial charge in [0.15, 0.2) is 0 Å². The zero-order chi connectivity index (χ0) is 6.08. The summed E-state index contributed by atoms with van der Waals surface area (Å²) in [5.41, 5.74) is 3.54. The summed E-state index contributed by atoms with van der Waals surface area (Å²) in [6, 6.07) is 0. The molecule has 3 nitrogen and oxygen atoms in total. The molecular weight excluding hydrogens is 94.0 g/mol. The van der Waals surface area contributed by atoms with Gasteiger partial charge in [-0.25, -0.2) is 0 Å². The van der Waals surface area contributed by atoms with Crippen LogP contribution in [-0.4, -0.2) is 22.0 Å². The molecule has 0 aliphatic heterocycles. The lowest BCUT2D eigenvalue weighted by molar-refractivity contribution is -0.0470. The van der Waals surface area contributed by atoms with Crippen molar-refractivity contribution in [3.05, 3.63) is 0 Å². The van der Waals surface area contributed by atoms with E-state index in [-0.39, 0.29) is 0 Å². The van der Waals surface area contributed by atoms with Crippen molar-refractivity contribution in [2.24, 2.45) is 5.73 Å². The van der Waals surface area contributed by atoms with E-state index in [1.165, 1.54) is 13.8 Å². The Bertz CT molecular complexity index is 55.2. The van der Waals surface area contributed by atoms with Crippen LogP contribution in [0.25, 0.3) is 0 Å². The summed E-state index contributed by atoms with van der Waals surface area (Å²) in [5, 5.41) is 17.1. The molecule has 2 atom stereocenters. The van der Waals surface area contributed by atoms with Gasteiger partial charge in [0.05, 0.1) is 6.10 Å². The quantitative estimate of drug-likeness (QED) is 0.376. The Labute approximate surface area is 42.8 Å². The van der Waals surface area contributed by atoms with Crippen LogP contribution in [0.1, 0.15) is 13.8 Å². The van der Waals surface area contributed by atoms with E-state index in [0.29, 0.717) is 0 Å². The van der Waals surface area contributed by atoms with E-state index in [1.807, 2.05) is 0 Å². The average molecular weight is 105 g/mol. The van der Waals surface area contributed by atoms with Gasteiger partial charge in [0.2, 0.25) is 0 Å². The first-order valence-electron chi connectivity index (χ1n) is 2.14. The normalized spacial score (nSPS) is 23.6. The summed E-state index contributed by atoms with van der Waals surface area (Å²) >= 11 is 0. The molecule has 0 aliphatic rings.